The number of hydrogen-bond acceptors (Lipinski definition) is 1. The van der Waals surface area contributed by atoms with Gasteiger partial charge in [0.1, 0.15) is 0 Å². The Bertz CT molecular complexity index is 19.1. The van der Waals surface area contributed by atoms with Crippen molar-refractivity contribution < 1.29 is 7.33 Å². The van der Waals surface area contributed by atoms with Crippen LogP contribution >= 0.6 is 0 Å². The van der Waals surface area contributed by atoms with E-state index < -0.39 is 15.6 Å². The Labute approximate surface area is 138 Å². The zero-order valence-electron chi connectivity index (χ0n) is 1.36. The summed E-state index contributed by atoms with van der Waals surface area (Å²) in [7, 11) is 0. The van der Waals surface area contributed by atoms with E-state index in [1.54, 1.807) is 0 Å². The van der Waals surface area contributed by atoms with Gasteiger partial charge in [0.2, 0.25) is 0 Å². The first-order valence-electron chi connectivity index (χ1n) is 0.454. The van der Waals surface area contributed by atoms with E-state index in [1.165, 1.54) is 0 Å². The van der Waals surface area contributed by atoms with Crippen LogP contribution in [0.1, 0.15) is 0 Å². The number of halogens is 1. The van der Waals surface area contributed by atoms with Gasteiger partial charge in [-0.15, -0.1) is 0 Å². The van der Waals surface area contributed by atoms with E-state index in [2.05, 4.69) is 0 Å². The van der Waals surface area contributed by atoms with Crippen LogP contribution in [-0.4, -0.2) is 136 Å². The SMILES string of the molecule is [CsH].[KH].[O]=[Al][F]. The Morgan fingerprint density at radius 1 is 1.60 bits per heavy atom. The fraction of sp³-hybridized carbons (Fsp3) is 0. The molecule has 0 aliphatic carbocycles. The average molecular weight is 236 g/mol. The van der Waals surface area contributed by atoms with Crippen LogP contribution in [0.25, 0.3) is 0 Å². The van der Waals surface area contributed by atoms with Crippen molar-refractivity contribution in [3.8, 4) is 0 Å². The van der Waals surface area contributed by atoms with Gasteiger partial charge in [-0.25, -0.2) is 0 Å². The van der Waals surface area contributed by atoms with Crippen molar-refractivity contribution in [3.05, 3.63) is 0 Å². The predicted octanol–water partition coefficient (Wildman–Crippen LogP) is -1.38. The first kappa shape index (κ1) is 16.0. The van der Waals surface area contributed by atoms with E-state index in [9.17, 15) is 3.52 Å². The molecule has 0 aromatic heterocycles. The zero-order valence-corrected chi connectivity index (χ0v) is 2.52. The van der Waals surface area contributed by atoms with Crippen molar-refractivity contribution in [1.82, 2.24) is 0 Å². The summed E-state index contributed by atoms with van der Waals surface area (Å²) in [6.45, 7) is 0. The number of rotatable bonds is 0. The van der Waals surface area contributed by atoms with Crippen molar-refractivity contribution in [2.24, 2.45) is 0 Å². The van der Waals surface area contributed by atoms with Crippen LogP contribution < -0.4 is 0 Å². The minimum absolute atomic E-state index is 0. The van der Waals surface area contributed by atoms with Crippen LogP contribution in [-0.2, 0) is 3.80 Å². The van der Waals surface area contributed by atoms with Gasteiger partial charge in [0.15, 0.2) is 0 Å². The molecule has 0 saturated carbocycles. The normalized spacial score (nSPS) is 1.80. The van der Waals surface area contributed by atoms with Crippen LogP contribution in [0.4, 0.5) is 3.52 Å². The molecule has 0 aliphatic heterocycles. The standard InChI is InChI=1S/Al.Cs.FH.K.O.2H/h;;1H;;;;/q+1;;;;;;/p-1. The van der Waals surface area contributed by atoms with E-state index in [0.717, 1.165) is 0 Å². The van der Waals surface area contributed by atoms with E-state index >= 15 is 0 Å². The van der Waals surface area contributed by atoms with Gasteiger partial charge in [-0.1, -0.05) is 0 Å². The Kier molecular flexibility index (Phi) is 50.1. The molecule has 0 atom stereocenters. The maximum absolute atomic E-state index is 9.82. The molecule has 0 spiro atoms. The Morgan fingerprint density at radius 3 is 1.60 bits per heavy atom. The van der Waals surface area contributed by atoms with Crippen LogP contribution in [0, 0.1) is 0 Å². The van der Waals surface area contributed by atoms with Gasteiger partial charge in [-0.05, 0) is 0 Å². The van der Waals surface area contributed by atoms with Crippen molar-refractivity contribution in [2.75, 3.05) is 0 Å². The molecule has 0 N–H and O–H groups in total. The predicted molar refractivity (Wildman–Crippen MR) is 21.8 cm³/mol. The molecule has 5 heavy (non-hydrogen) atoms. The molecule has 0 amide bonds. The van der Waals surface area contributed by atoms with Crippen LogP contribution in [0.2, 0.25) is 0 Å². The molecule has 20 valence electrons. The molecule has 1 nitrogen and oxygen atoms in total. The topological polar surface area (TPSA) is 17.1 Å². The summed E-state index contributed by atoms with van der Waals surface area (Å²) in [6.07, 6.45) is 0. The average Bonchev–Trinajstić information content (AvgIpc) is 0.918. The third-order valence-corrected chi connectivity index (χ3v) is 0. The fourth-order valence-corrected chi connectivity index (χ4v) is 0. The minimum atomic E-state index is -2.00. The molecule has 0 rings (SSSR count). The van der Waals surface area contributed by atoms with Crippen molar-refractivity contribution in [1.29, 1.82) is 0 Å². The van der Waals surface area contributed by atoms with Gasteiger partial charge in [-0.3, -0.25) is 0 Å². The molecule has 0 aliphatic rings. The fourth-order valence-electron chi connectivity index (χ4n) is 0. The summed E-state index contributed by atoms with van der Waals surface area (Å²) >= 11 is -2.00. The van der Waals surface area contributed by atoms with Crippen LogP contribution in [0.15, 0.2) is 0 Å². The van der Waals surface area contributed by atoms with Gasteiger partial charge in [0, 0.05) is 0 Å². The Hall–Kier alpha value is 3.95. The first-order chi connectivity index (χ1) is 1.41. The summed E-state index contributed by atoms with van der Waals surface area (Å²) in [5.74, 6) is 0. The molecular weight excluding hydrogens is 234 g/mol. The molecule has 0 radical (unpaired) electrons. The molecule has 0 unspecified atom stereocenters. The summed E-state index contributed by atoms with van der Waals surface area (Å²) in [4.78, 5) is 0. The monoisotopic (exact) mass is 236 g/mol. The molecule has 0 bridgehead atoms. The van der Waals surface area contributed by atoms with Gasteiger partial charge in [0.25, 0.3) is 0 Å². The third kappa shape index (κ3) is 18.0. The summed E-state index contributed by atoms with van der Waals surface area (Å²) in [5.41, 5.74) is 0. The van der Waals surface area contributed by atoms with Gasteiger partial charge >= 0.3 is 143 Å². The second-order valence-electron chi connectivity index (χ2n) is 0.0891. The summed E-state index contributed by atoms with van der Waals surface area (Å²) < 4.78 is 18.2. The van der Waals surface area contributed by atoms with Gasteiger partial charge < -0.3 is 0 Å². The number of hydrogen-bond donors (Lipinski definition) is 0. The Morgan fingerprint density at radius 2 is 1.60 bits per heavy atom. The molecule has 0 aromatic carbocycles. The van der Waals surface area contributed by atoms with Crippen molar-refractivity contribution in [2.45, 2.75) is 0 Å². The maximum atomic E-state index is 9.82. The van der Waals surface area contributed by atoms with Crippen molar-refractivity contribution in [3.63, 3.8) is 0 Å². The van der Waals surface area contributed by atoms with Crippen molar-refractivity contribution >= 4 is 136 Å². The second-order valence-corrected chi connectivity index (χ2v) is 0.267. The van der Waals surface area contributed by atoms with Gasteiger partial charge in [0.05, 0.1) is 0 Å². The van der Waals surface area contributed by atoms with E-state index in [0.29, 0.717) is 0 Å². The van der Waals surface area contributed by atoms with Crippen LogP contribution in [0.5, 0.6) is 0 Å². The second kappa shape index (κ2) is 15.7. The van der Waals surface area contributed by atoms with Gasteiger partial charge in [-0.2, -0.15) is 0 Å². The zero-order chi connectivity index (χ0) is 2.71. The molecule has 0 fully saturated rings. The first-order valence-corrected chi connectivity index (χ1v) is 1.36. The van der Waals surface area contributed by atoms with E-state index in [1.807, 2.05) is 0 Å². The molecular formula is H2AlCsFKO. The molecule has 0 heterocycles. The molecule has 5 heteroatoms. The van der Waals surface area contributed by atoms with Crippen LogP contribution in [0.3, 0.4) is 0 Å². The van der Waals surface area contributed by atoms with E-state index in [4.69, 9.17) is 3.80 Å². The quantitative estimate of drug-likeness (QED) is 0.474. The molecule has 0 aromatic rings. The van der Waals surface area contributed by atoms with E-state index in [-0.39, 0.29) is 120 Å². The molecule has 0 saturated heterocycles. The Balaban J connectivity index is -0.0000000200. The summed E-state index contributed by atoms with van der Waals surface area (Å²) in [5, 5.41) is 0. The summed E-state index contributed by atoms with van der Waals surface area (Å²) in [6, 6.07) is 0. The third-order valence-electron chi connectivity index (χ3n) is 0.